The van der Waals surface area contributed by atoms with Crippen LogP contribution in [-0.4, -0.2) is 27.0 Å². The smallest absolute Gasteiger partial charge is 0.301 e. The van der Waals surface area contributed by atoms with Gasteiger partial charge >= 0.3 is 5.91 Å². The minimum atomic E-state index is -0.903. The molecule has 9 heteroatoms. The Bertz CT molecular complexity index is 2270. The molecule has 0 aliphatic carbocycles. The number of aliphatic hydroxyl groups is 1. The van der Waals surface area contributed by atoms with E-state index >= 15 is 0 Å². The molecule has 1 saturated heterocycles. The zero-order chi connectivity index (χ0) is 35.7. The van der Waals surface area contributed by atoms with E-state index in [-0.39, 0.29) is 16.7 Å². The van der Waals surface area contributed by atoms with E-state index in [1.165, 1.54) is 44.3 Å². The van der Waals surface area contributed by atoms with Crippen LogP contribution < -0.4 is 9.64 Å². The SMILES string of the molecule is Cc1ccccc1COc1ccc(/C(O)=C2\C(=O)C(=O)N(c3nnc(SCc4cccc5ccccc45)s3)C2c2ccc(C(C)(C)C)cc2)cc1. The van der Waals surface area contributed by atoms with Crippen molar-refractivity contribution in [1.82, 2.24) is 10.2 Å². The first-order valence-electron chi connectivity index (χ1n) is 16.7. The molecule has 1 aromatic heterocycles. The summed E-state index contributed by atoms with van der Waals surface area (Å²) in [6.45, 7) is 8.82. The number of carbonyl (C=O) groups is 2. The molecule has 1 amide bonds. The normalized spacial score (nSPS) is 15.8. The maximum absolute atomic E-state index is 13.8. The van der Waals surface area contributed by atoms with Gasteiger partial charge < -0.3 is 9.84 Å². The molecule has 1 atom stereocenters. The highest BCUT2D eigenvalue weighted by Gasteiger charge is 2.48. The third-order valence-corrected chi connectivity index (χ3v) is 11.3. The molecular formula is C42H37N3O4S2. The van der Waals surface area contributed by atoms with Crippen molar-refractivity contribution in [2.24, 2.45) is 0 Å². The lowest BCUT2D eigenvalue weighted by atomic mass is 9.85. The standard InChI is InChI=1S/C42H37N3O4S2/c1-26-10-5-6-12-30(26)24-49-33-22-18-29(19-23-33)37(46)35-36(28-16-20-32(21-17-28)42(2,3)4)45(39(48)38(35)47)40-43-44-41(51-40)50-25-31-14-9-13-27-11-7-8-15-34(27)31/h5-23,36,46H,24-25H2,1-4H3/b37-35+. The number of Topliss-reactive ketones (excluding diaryl/α,β-unsaturated/α-hetero) is 1. The number of ketones is 1. The predicted octanol–water partition coefficient (Wildman–Crippen LogP) is 9.79. The number of aliphatic hydroxyl groups excluding tert-OH is 1. The van der Waals surface area contributed by atoms with Crippen molar-refractivity contribution in [3.05, 3.63) is 154 Å². The fourth-order valence-electron chi connectivity index (χ4n) is 6.22. The zero-order valence-electron chi connectivity index (χ0n) is 28.8. The lowest BCUT2D eigenvalue weighted by Gasteiger charge is -2.24. The number of hydrogen-bond donors (Lipinski definition) is 1. The first-order valence-corrected chi connectivity index (χ1v) is 18.5. The molecule has 1 fully saturated rings. The predicted molar refractivity (Wildman–Crippen MR) is 205 cm³/mol. The Balaban J connectivity index is 1.20. The molecule has 1 N–H and O–H groups in total. The number of rotatable bonds is 9. The molecule has 6 aromatic rings. The fourth-order valence-corrected chi connectivity index (χ4v) is 8.10. The first kappa shape index (κ1) is 34.2. The molecule has 2 heterocycles. The molecule has 0 spiro atoms. The van der Waals surface area contributed by atoms with Crippen molar-refractivity contribution in [1.29, 1.82) is 0 Å². The van der Waals surface area contributed by atoms with E-state index in [4.69, 9.17) is 4.74 Å². The maximum atomic E-state index is 13.8. The highest BCUT2D eigenvalue weighted by atomic mass is 32.2. The van der Waals surface area contributed by atoms with Crippen LogP contribution in [0.3, 0.4) is 0 Å². The van der Waals surface area contributed by atoms with Crippen molar-refractivity contribution in [3.8, 4) is 5.75 Å². The minimum Gasteiger partial charge on any atom is -0.507 e. The average molecular weight is 712 g/mol. The Hall–Kier alpha value is -5.25. The molecule has 0 radical (unpaired) electrons. The Morgan fingerprint density at radius 1 is 0.843 bits per heavy atom. The van der Waals surface area contributed by atoms with Crippen LogP contribution in [0.15, 0.2) is 125 Å². The van der Waals surface area contributed by atoms with Gasteiger partial charge in [-0.05, 0) is 75.2 Å². The largest absolute Gasteiger partial charge is 0.507 e. The summed E-state index contributed by atoms with van der Waals surface area (Å²) in [6.07, 6.45) is 0. The molecular weight excluding hydrogens is 675 g/mol. The fraction of sp³-hybridized carbons (Fsp3) is 0.190. The third-order valence-electron chi connectivity index (χ3n) is 9.15. The van der Waals surface area contributed by atoms with E-state index in [9.17, 15) is 14.7 Å². The average Bonchev–Trinajstić information content (AvgIpc) is 3.71. The Morgan fingerprint density at radius 2 is 1.53 bits per heavy atom. The van der Waals surface area contributed by atoms with Gasteiger partial charge in [-0.15, -0.1) is 10.2 Å². The summed E-state index contributed by atoms with van der Waals surface area (Å²) in [4.78, 5) is 29.0. The van der Waals surface area contributed by atoms with E-state index in [2.05, 4.69) is 55.2 Å². The third kappa shape index (κ3) is 7.04. The van der Waals surface area contributed by atoms with Gasteiger partial charge in [0.05, 0.1) is 11.6 Å². The van der Waals surface area contributed by atoms with Crippen LogP contribution in [0.2, 0.25) is 0 Å². The highest BCUT2D eigenvalue weighted by Crippen LogP contribution is 2.44. The number of amides is 1. The van der Waals surface area contributed by atoms with E-state index < -0.39 is 17.7 Å². The lowest BCUT2D eigenvalue weighted by Crippen LogP contribution is -2.29. The zero-order valence-corrected chi connectivity index (χ0v) is 30.4. The Morgan fingerprint density at radius 3 is 2.27 bits per heavy atom. The van der Waals surface area contributed by atoms with Crippen molar-refractivity contribution in [3.63, 3.8) is 0 Å². The number of hydrogen-bond acceptors (Lipinski definition) is 8. The molecule has 256 valence electrons. The summed E-state index contributed by atoms with van der Waals surface area (Å²) in [5, 5.41) is 23.2. The summed E-state index contributed by atoms with van der Waals surface area (Å²) in [5.41, 5.74) is 5.47. The lowest BCUT2D eigenvalue weighted by molar-refractivity contribution is -0.132. The summed E-state index contributed by atoms with van der Waals surface area (Å²) in [5.74, 6) is -0.524. The minimum absolute atomic E-state index is 0.00255. The van der Waals surface area contributed by atoms with Gasteiger partial charge in [0.1, 0.15) is 18.1 Å². The number of benzene rings is 5. The monoisotopic (exact) mass is 711 g/mol. The number of thioether (sulfide) groups is 1. The van der Waals surface area contributed by atoms with E-state index in [1.54, 1.807) is 24.3 Å². The van der Waals surface area contributed by atoms with Gasteiger partial charge in [0.15, 0.2) is 4.34 Å². The van der Waals surface area contributed by atoms with Crippen molar-refractivity contribution in [2.75, 3.05) is 4.90 Å². The molecule has 0 bridgehead atoms. The molecule has 7 rings (SSSR count). The Kier molecular flexibility index (Phi) is 9.50. The van der Waals surface area contributed by atoms with Crippen LogP contribution in [0.4, 0.5) is 5.13 Å². The number of fused-ring (bicyclic) bond motifs is 1. The quantitative estimate of drug-likeness (QED) is 0.0525. The molecule has 1 aliphatic rings. The van der Waals surface area contributed by atoms with Crippen LogP contribution >= 0.6 is 23.1 Å². The number of carbonyl (C=O) groups excluding carboxylic acids is 2. The van der Waals surface area contributed by atoms with E-state index in [0.29, 0.717) is 38.7 Å². The number of aromatic nitrogens is 2. The molecule has 1 unspecified atom stereocenters. The van der Waals surface area contributed by atoms with Crippen molar-refractivity contribution in [2.45, 2.75) is 55.9 Å². The van der Waals surface area contributed by atoms with Gasteiger partial charge in [0.25, 0.3) is 5.78 Å². The van der Waals surface area contributed by atoms with Crippen molar-refractivity contribution >= 4 is 56.5 Å². The number of ether oxygens (including phenoxy) is 1. The summed E-state index contributed by atoms with van der Waals surface area (Å²) >= 11 is 2.78. The molecule has 51 heavy (non-hydrogen) atoms. The van der Waals surface area contributed by atoms with E-state index in [0.717, 1.165) is 16.7 Å². The number of aryl methyl sites for hydroxylation is 1. The summed E-state index contributed by atoms with van der Waals surface area (Å²) in [7, 11) is 0. The van der Waals surface area contributed by atoms with Gasteiger partial charge in [0, 0.05) is 11.3 Å². The second kappa shape index (κ2) is 14.2. The van der Waals surface area contributed by atoms with Gasteiger partial charge in [-0.1, -0.05) is 135 Å². The van der Waals surface area contributed by atoms with Crippen LogP contribution in [0, 0.1) is 6.92 Å². The second-order valence-electron chi connectivity index (χ2n) is 13.6. The van der Waals surface area contributed by atoms with Crippen LogP contribution in [-0.2, 0) is 27.4 Å². The van der Waals surface area contributed by atoms with E-state index in [1.807, 2.05) is 73.7 Å². The Labute approximate surface area is 305 Å². The maximum Gasteiger partial charge on any atom is 0.301 e. The summed E-state index contributed by atoms with van der Waals surface area (Å²) < 4.78 is 6.67. The molecule has 7 nitrogen and oxygen atoms in total. The summed E-state index contributed by atoms with van der Waals surface area (Å²) in [6, 6.07) is 36.3. The molecule has 5 aromatic carbocycles. The van der Waals surface area contributed by atoms with Gasteiger partial charge in [0.2, 0.25) is 5.13 Å². The van der Waals surface area contributed by atoms with Gasteiger partial charge in [-0.2, -0.15) is 0 Å². The highest BCUT2D eigenvalue weighted by molar-refractivity contribution is 8.00. The molecule has 0 saturated carbocycles. The number of anilines is 1. The first-order chi connectivity index (χ1) is 24.6. The molecule has 1 aliphatic heterocycles. The second-order valence-corrected chi connectivity index (χ2v) is 15.7. The number of nitrogens with zero attached hydrogens (tertiary/aromatic N) is 3. The van der Waals surface area contributed by atoms with Crippen LogP contribution in [0.1, 0.15) is 60.2 Å². The van der Waals surface area contributed by atoms with Crippen LogP contribution in [0.25, 0.3) is 16.5 Å². The topological polar surface area (TPSA) is 92.6 Å². The van der Waals surface area contributed by atoms with Gasteiger partial charge in [-0.25, -0.2) is 0 Å². The van der Waals surface area contributed by atoms with Crippen molar-refractivity contribution < 1.29 is 19.4 Å². The van der Waals surface area contributed by atoms with Gasteiger partial charge in [-0.3, -0.25) is 14.5 Å². The van der Waals surface area contributed by atoms with Crippen LogP contribution in [0.5, 0.6) is 5.75 Å².